The number of aliphatic carboxylic acids is 1. The fraction of sp³-hybridized carbons (Fsp3) is 0.167. The second-order valence-electron chi connectivity index (χ2n) is 1.55. The summed E-state index contributed by atoms with van der Waals surface area (Å²) < 4.78 is 0. The smallest absolute Gasteiger partial charge is 0.330 e. The number of rotatable bonds is 3. The second-order valence-corrected chi connectivity index (χ2v) is 1.55. The van der Waals surface area contributed by atoms with Gasteiger partial charge in [0.1, 0.15) is 0 Å². The Hall–Kier alpha value is -1.25. The standard InChI is InChI=1S/C6H9NO2/c1-2-3-5(7)4-6(8)9/h2,4H,1,3,7H2,(H,8,9)/b5-4+. The predicted octanol–water partition coefficient (Wildman–Crippen LogP) is 0.490. The average molecular weight is 127 g/mol. The van der Waals surface area contributed by atoms with Crippen molar-refractivity contribution in [1.82, 2.24) is 0 Å². The molecule has 0 aromatic heterocycles. The normalized spacial score (nSPS) is 10.9. The first-order chi connectivity index (χ1) is 4.16. The van der Waals surface area contributed by atoms with Crippen LogP contribution in [0.1, 0.15) is 6.42 Å². The van der Waals surface area contributed by atoms with Crippen LogP contribution in [0.25, 0.3) is 0 Å². The van der Waals surface area contributed by atoms with Crippen molar-refractivity contribution < 1.29 is 9.90 Å². The number of carboxylic acid groups (broad SMARTS) is 1. The van der Waals surface area contributed by atoms with Crippen molar-refractivity contribution in [3.63, 3.8) is 0 Å². The van der Waals surface area contributed by atoms with Crippen molar-refractivity contribution in [1.29, 1.82) is 0 Å². The Morgan fingerprint density at radius 1 is 1.78 bits per heavy atom. The molecule has 0 saturated heterocycles. The highest BCUT2D eigenvalue weighted by Crippen LogP contribution is 1.90. The minimum Gasteiger partial charge on any atom is -0.478 e. The van der Waals surface area contributed by atoms with E-state index in [1.807, 2.05) is 0 Å². The van der Waals surface area contributed by atoms with Crippen LogP contribution in [0.4, 0.5) is 0 Å². The average Bonchev–Trinajstić information content (AvgIpc) is 1.63. The number of carboxylic acids is 1. The van der Waals surface area contributed by atoms with Crippen molar-refractivity contribution in [3.8, 4) is 0 Å². The predicted molar refractivity (Wildman–Crippen MR) is 34.7 cm³/mol. The molecule has 0 heterocycles. The first kappa shape index (κ1) is 7.75. The lowest BCUT2D eigenvalue weighted by Gasteiger charge is -1.90. The first-order valence-electron chi connectivity index (χ1n) is 2.46. The molecule has 9 heavy (non-hydrogen) atoms. The summed E-state index contributed by atoms with van der Waals surface area (Å²) in [7, 11) is 0. The Bertz CT molecular complexity index is 149. The molecule has 50 valence electrons. The fourth-order valence-corrected chi connectivity index (χ4v) is 0.384. The molecular formula is C6H9NO2. The third-order valence-corrected chi connectivity index (χ3v) is 0.689. The Balaban J connectivity index is 3.83. The summed E-state index contributed by atoms with van der Waals surface area (Å²) >= 11 is 0. The van der Waals surface area contributed by atoms with Crippen molar-refractivity contribution in [2.75, 3.05) is 0 Å². The Morgan fingerprint density at radius 3 is 2.67 bits per heavy atom. The maximum Gasteiger partial charge on any atom is 0.330 e. The molecule has 0 spiro atoms. The molecular weight excluding hydrogens is 118 g/mol. The van der Waals surface area contributed by atoms with Gasteiger partial charge < -0.3 is 10.8 Å². The van der Waals surface area contributed by atoms with Crippen LogP contribution in [-0.2, 0) is 4.79 Å². The molecule has 0 aromatic carbocycles. The van der Waals surface area contributed by atoms with E-state index in [4.69, 9.17) is 10.8 Å². The molecule has 0 unspecified atom stereocenters. The van der Waals surface area contributed by atoms with Crippen LogP contribution in [0, 0.1) is 0 Å². The largest absolute Gasteiger partial charge is 0.478 e. The minimum absolute atomic E-state index is 0.317. The SMILES string of the molecule is C=CC/C(N)=C\C(=O)O. The molecule has 0 radical (unpaired) electrons. The highest BCUT2D eigenvalue weighted by atomic mass is 16.4. The van der Waals surface area contributed by atoms with Gasteiger partial charge in [0.25, 0.3) is 0 Å². The van der Waals surface area contributed by atoms with Gasteiger partial charge in [-0.05, 0) is 0 Å². The molecule has 3 N–H and O–H groups in total. The zero-order chi connectivity index (χ0) is 7.28. The van der Waals surface area contributed by atoms with Gasteiger partial charge in [0, 0.05) is 18.2 Å². The molecule has 0 saturated carbocycles. The number of carbonyl (C=O) groups is 1. The second kappa shape index (κ2) is 3.72. The zero-order valence-electron chi connectivity index (χ0n) is 5.00. The quantitative estimate of drug-likeness (QED) is 0.428. The minimum atomic E-state index is -1.02. The molecule has 0 bridgehead atoms. The van der Waals surface area contributed by atoms with E-state index >= 15 is 0 Å². The maximum atomic E-state index is 9.89. The molecule has 3 nitrogen and oxygen atoms in total. The molecule has 0 rings (SSSR count). The first-order valence-corrected chi connectivity index (χ1v) is 2.46. The molecule has 3 heteroatoms. The van der Waals surface area contributed by atoms with Crippen LogP contribution in [0.15, 0.2) is 24.4 Å². The van der Waals surface area contributed by atoms with E-state index in [1.165, 1.54) is 0 Å². The topological polar surface area (TPSA) is 63.3 Å². The summed E-state index contributed by atoms with van der Waals surface area (Å²) in [5, 5.41) is 8.12. The number of allylic oxidation sites excluding steroid dienone is 1. The van der Waals surface area contributed by atoms with Gasteiger partial charge in [-0.15, -0.1) is 6.58 Å². The molecule has 0 atom stereocenters. The van der Waals surface area contributed by atoms with Crippen LogP contribution < -0.4 is 5.73 Å². The van der Waals surface area contributed by atoms with Crippen LogP contribution in [0.3, 0.4) is 0 Å². The van der Waals surface area contributed by atoms with Gasteiger partial charge in [0.15, 0.2) is 0 Å². The van der Waals surface area contributed by atoms with Gasteiger partial charge >= 0.3 is 5.97 Å². The number of hydrogen-bond donors (Lipinski definition) is 2. The third-order valence-electron chi connectivity index (χ3n) is 0.689. The summed E-state index contributed by atoms with van der Waals surface area (Å²) in [5.74, 6) is -1.02. The molecule has 0 aliphatic rings. The van der Waals surface area contributed by atoms with E-state index in [1.54, 1.807) is 6.08 Å². The van der Waals surface area contributed by atoms with E-state index in [9.17, 15) is 4.79 Å². The monoisotopic (exact) mass is 127 g/mol. The Kier molecular flexibility index (Phi) is 3.20. The molecule has 0 amide bonds. The van der Waals surface area contributed by atoms with Crippen molar-refractivity contribution in [2.24, 2.45) is 5.73 Å². The Morgan fingerprint density at radius 2 is 2.33 bits per heavy atom. The summed E-state index contributed by atoms with van der Waals surface area (Å²) in [6.45, 7) is 3.39. The van der Waals surface area contributed by atoms with Gasteiger partial charge in [-0.1, -0.05) is 6.08 Å². The van der Waals surface area contributed by atoms with Gasteiger partial charge in [0.05, 0.1) is 0 Å². The van der Waals surface area contributed by atoms with E-state index in [2.05, 4.69) is 6.58 Å². The summed E-state index contributed by atoms with van der Waals surface area (Å²) in [6, 6.07) is 0. The summed E-state index contributed by atoms with van der Waals surface area (Å²) in [5.41, 5.74) is 5.51. The van der Waals surface area contributed by atoms with Crippen LogP contribution in [0.5, 0.6) is 0 Å². The van der Waals surface area contributed by atoms with Crippen molar-refractivity contribution in [3.05, 3.63) is 24.4 Å². The van der Waals surface area contributed by atoms with Crippen LogP contribution in [-0.4, -0.2) is 11.1 Å². The van der Waals surface area contributed by atoms with E-state index < -0.39 is 5.97 Å². The van der Waals surface area contributed by atoms with Gasteiger partial charge in [0.2, 0.25) is 0 Å². The molecule has 0 aliphatic carbocycles. The Labute approximate surface area is 53.5 Å². The highest BCUT2D eigenvalue weighted by molar-refractivity contribution is 5.80. The van der Waals surface area contributed by atoms with Crippen LogP contribution >= 0.6 is 0 Å². The van der Waals surface area contributed by atoms with Crippen molar-refractivity contribution >= 4 is 5.97 Å². The van der Waals surface area contributed by atoms with Crippen molar-refractivity contribution in [2.45, 2.75) is 6.42 Å². The lowest BCUT2D eigenvalue weighted by atomic mass is 10.3. The fourth-order valence-electron chi connectivity index (χ4n) is 0.384. The molecule has 0 aromatic rings. The van der Waals surface area contributed by atoms with E-state index in [-0.39, 0.29) is 0 Å². The number of nitrogens with two attached hydrogens (primary N) is 1. The highest BCUT2D eigenvalue weighted by Gasteiger charge is 1.90. The molecule has 0 fully saturated rings. The van der Waals surface area contributed by atoms with E-state index in [0.29, 0.717) is 12.1 Å². The zero-order valence-corrected chi connectivity index (χ0v) is 5.00. The lowest BCUT2D eigenvalue weighted by molar-refractivity contribution is -0.131. The maximum absolute atomic E-state index is 9.89. The summed E-state index contributed by atoms with van der Waals surface area (Å²) in [6.07, 6.45) is 2.93. The van der Waals surface area contributed by atoms with Crippen LogP contribution in [0.2, 0.25) is 0 Å². The van der Waals surface area contributed by atoms with Gasteiger partial charge in [-0.25, -0.2) is 4.79 Å². The van der Waals surface area contributed by atoms with E-state index in [0.717, 1.165) is 6.08 Å². The third kappa shape index (κ3) is 4.61. The molecule has 0 aliphatic heterocycles. The van der Waals surface area contributed by atoms with Gasteiger partial charge in [-0.2, -0.15) is 0 Å². The summed E-state index contributed by atoms with van der Waals surface area (Å²) in [4.78, 5) is 9.89. The number of hydrogen-bond acceptors (Lipinski definition) is 2. The van der Waals surface area contributed by atoms with Gasteiger partial charge in [-0.3, -0.25) is 0 Å². The lowest BCUT2D eigenvalue weighted by Crippen LogP contribution is -1.99.